The highest BCUT2D eigenvalue weighted by Gasteiger charge is 2.12. The van der Waals surface area contributed by atoms with Gasteiger partial charge in [0.25, 0.3) is 0 Å². The zero-order valence-corrected chi connectivity index (χ0v) is 21.0. The molecule has 7 heteroatoms. The van der Waals surface area contributed by atoms with E-state index in [2.05, 4.69) is 65.7 Å². The van der Waals surface area contributed by atoms with Crippen LogP contribution < -0.4 is 16.0 Å². The minimum absolute atomic E-state index is 0. The normalized spacial score (nSPS) is 11.5. The van der Waals surface area contributed by atoms with Gasteiger partial charge in [0.05, 0.1) is 0 Å². The number of benzene rings is 1. The van der Waals surface area contributed by atoms with E-state index in [1.165, 1.54) is 5.56 Å². The maximum absolute atomic E-state index is 12.0. The van der Waals surface area contributed by atoms with E-state index in [1.807, 2.05) is 25.1 Å². The van der Waals surface area contributed by atoms with Crippen LogP contribution in [-0.4, -0.2) is 61.6 Å². The molecule has 0 radical (unpaired) electrons. The highest BCUT2D eigenvalue weighted by molar-refractivity contribution is 14.0. The van der Waals surface area contributed by atoms with E-state index >= 15 is 0 Å². The lowest BCUT2D eigenvalue weighted by molar-refractivity contribution is -0.119. The Bertz CT molecular complexity index is 570. The Balaban J connectivity index is 0.00000784. The summed E-state index contributed by atoms with van der Waals surface area (Å²) in [7, 11) is 0. The summed E-state index contributed by atoms with van der Waals surface area (Å²) >= 11 is 0. The molecule has 1 rings (SSSR count). The Morgan fingerprint density at radius 2 is 1.66 bits per heavy atom. The predicted molar refractivity (Wildman–Crippen MR) is 134 cm³/mol. The molecule has 0 bridgehead atoms. The number of carbonyl (C=O) groups excluding carboxylic acids is 1. The molecule has 166 valence electrons. The van der Waals surface area contributed by atoms with Crippen molar-refractivity contribution in [2.45, 2.75) is 59.5 Å². The maximum atomic E-state index is 12.0. The van der Waals surface area contributed by atoms with Crippen LogP contribution in [0.15, 0.2) is 35.3 Å². The molecule has 0 saturated carbocycles. The number of hydrogen-bond acceptors (Lipinski definition) is 3. The molecule has 3 N–H and O–H groups in total. The summed E-state index contributed by atoms with van der Waals surface area (Å²) in [6.45, 7) is 14.4. The van der Waals surface area contributed by atoms with Crippen molar-refractivity contribution in [1.29, 1.82) is 0 Å². The van der Waals surface area contributed by atoms with Gasteiger partial charge in [0.1, 0.15) is 6.54 Å². The fourth-order valence-corrected chi connectivity index (χ4v) is 3.12. The molecule has 1 aromatic carbocycles. The fraction of sp³-hybridized carbons (Fsp3) is 0.636. The Morgan fingerprint density at radius 1 is 1.00 bits per heavy atom. The monoisotopic (exact) mass is 517 g/mol. The van der Waals surface area contributed by atoms with Gasteiger partial charge in [-0.15, -0.1) is 24.0 Å². The van der Waals surface area contributed by atoms with Crippen molar-refractivity contribution in [3.8, 4) is 0 Å². The molecule has 6 nitrogen and oxygen atoms in total. The molecule has 0 aliphatic rings. The van der Waals surface area contributed by atoms with E-state index in [4.69, 9.17) is 0 Å². The van der Waals surface area contributed by atoms with Gasteiger partial charge in [-0.2, -0.15) is 0 Å². The smallest absolute Gasteiger partial charge is 0.241 e. The minimum Gasteiger partial charge on any atom is -0.357 e. The second-order valence-electron chi connectivity index (χ2n) is 7.49. The quantitative estimate of drug-likeness (QED) is 0.173. The van der Waals surface area contributed by atoms with E-state index in [9.17, 15) is 4.79 Å². The number of aliphatic imine (C=N–C) groups is 1. The zero-order chi connectivity index (χ0) is 20.8. The van der Waals surface area contributed by atoms with Crippen LogP contribution in [0.25, 0.3) is 0 Å². The van der Waals surface area contributed by atoms with Crippen LogP contribution in [0.5, 0.6) is 0 Å². The molecule has 0 unspecified atom stereocenters. The summed E-state index contributed by atoms with van der Waals surface area (Å²) in [5, 5.41) is 9.45. The van der Waals surface area contributed by atoms with Crippen molar-refractivity contribution in [2.24, 2.45) is 4.99 Å². The number of nitrogens with zero attached hydrogens (tertiary/aromatic N) is 2. The predicted octanol–water partition coefficient (Wildman–Crippen LogP) is 3.03. The molecule has 1 aromatic rings. The summed E-state index contributed by atoms with van der Waals surface area (Å²) in [6, 6.07) is 11.2. The van der Waals surface area contributed by atoms with Crippen LogP contribution in [0.2, 0.25) is 0 Å². The van der Waals surface area contributed by atoms with Gasteiger partial charge < -0.3 is 16.0 Å². The van der Waals surface area contributed by atoms with Gasteiger partial charge >= 0.3 is 0 Å². The standard InChI is InChI=1S/C22H39N5O.HI/c1-6-23-22(25-14-10-16-27(18(2)3)19(4)5)26-17-21(28)24-15-13-20-11-8-7-9-12-20;/h7-9,11-12,18-19H,6,10,13-17H2,1-5H3,(H,24,28)(H2,23,25,26);1H. The minimum atomic E-state index is -0.0566. The molecule has 0 atom stereocenters. The number of carbonyl (C=O) groups is 1. The van der Waals surface area contributed by atoms with Crippen molar-refractivity contribution in [3.05, 3.63) is 35.9 Å². The SMILES string of the molecule is CCNC(=NCC(=O)NCCc1ccccc1)NCCCN(C(C)C)C(C)C.I. The molecule has 0 heterocycles. The topological polar surface area (TPSA) is 68.8 Å². The third-order valence-electron chi connectivity index (χ3n) is 4.52. The van der Waals surface area contributed by atoms with Gasteiger partial charge in [0.15, 0.2) is 5.96 Å². The van der Waals surface area contributed by atoms with E-state index in [1.54, 1.807) is 0 Å². The highest BCUT2D eigenvalue weighted by Crippen LogP contribution is 2.05. The highest BCUT2D eigenvalue weighted by atomic mass is 127. The molecule has 29 heavy (non-hydrogen) atoms. The molecule has 0 fully saturated rings. The second kappa shape index (κ2) is 16.4. The molecule has 0 aliphatic heterocycles. The number of halogens is 1. The van der Waals surface area contributed by atoms with Gasteiger partial charge in [-0.05, 0) is 53.0 Å². The van der Waals surface area contributed by atoms with Crippen LogP contribution in [0, 0.1) is 0 Å². The van der Waals surface area contributed by atoms with Crippen molar-refractivity contribution >= 4 is 35.8 Å². The number of nitrogens with one attached hydrogen (secondary N) is 3. The number of rotatable bonds is 12. The first-order valence-corrected chi connectivity index (χ1v) is 10.5. The first-order valence-electron chi connectivity index (χ1n) is 10.5. The average molecular weight is 518 g/mol. The van der Waals surface area contributed by atoms with Crippen LogP contribution >= 0.6 is 24.0 Å². The van der Waals surface area contributed by atoms with Crippen LogP contribution in [0.3, 0.4) is 0 Å². The van der Waals surface area contributed by atoms with E-state index in [0.717, 1.165) is 32.5 Å². The molecular formula is C22H40IN5O. The van der Waals surface area contributed by atoms with Gasteiger partial charge in [-0.25, -0.2) is 4.99 Å². The summed E-state index contributed by atoms with van der Waals surface area (Å²) < 4.78 is 0. The fourth-order valence-electron chi connectivity index (χ4n) is 3.12. The first-order chi connectivity index (χ1) is 13.4. The second-order valence-corrected chi connectivity index (χ2v) is 7.49. The number of hydrogen-bond donors (Lipinski definition) is 3. The summed E-state index contributed by atoms with van der Waals surface area (Å²) in [5.74, 6) is 0.639. The number of guanidine groups is 1. The largest absolute Gasteiger partial charge is 0.357 e. The molecule has 0 spiro atoms. The van der Waals surface area contributed by atoms with Gasteiger partial charge in [-0.1, -0.05) is 30.3 Å². The summed E-state index contributed by atoms with van der Waals surface area (Å²) in [5.41, 5.74) is 1.22. The van der Waals surface area contributed by atoms with Crippen LogP contribution in [0.4, 0.5) is 0 Å². The summed E-state index contributed by atoms with van der Waals surface area (Å²) in [4.78, 5) is 18.9. The molecular weight excluding hydrogens is 477 g/mol. The lowest BCUT2D eigenvalue weighted by Crippen LogP contribution is -2.41. The van der Waals surface area contributed by atoms with Crippen LogP contribution in [0.1, 0.15) is 46.6 Å². The lowest BCUT2D eigenvalue weighted by Gasteiger charge is -2.30. The van der Waals surface area contributed by atoms with Crippen molar-refractivity contribution in [3.63, 3.8) is 0 Å². The Kier molecular flexibility index (Phi) is 15.7. The summed E-state index contributed by atoms with van der Waals surface area (Å²) in [6.07, 6.45) is 1.86. The van der Waals surface area contributed by atoms with Crippen molar-refractivity contribution in [2.75, 3.05) is 32.7 Å². The van der Waals surface area contributed by atoms with E-state index in [-0.39, 0.29) is 36.4 Å². The third-order valence-corrected chi connectivity index (χ3v) is 4.52. The Labute approximate surface area is 194 Å². The molecule has 0 aromatic heterocycles. The molecule has 0 saturated heterocycles. The van der Waals surface area contributed by atoms with Gasteiger partial charge in [-0.3, -0.25) is 9.69 Å². The van der Waals surface area contributed by atoms with E-state index in [0.29, 0.717) is 24.6 Å². The van der Waals surface area contributed by atoms with Gasteiger partial charge in [0, 0.05) is 38.3 Å². The lowest BCUT2D eigenvalue weighted by atomic mass is 10.1. The Morgan fingerprint density at radius 3 is 2.24 bits per heavy atom. The molecule has 1 amide bonds. The first kappa shape index (κ1) is 27.6. The van der Waals surface area contributed by atoms with Crippen molar-refractivity contribution < 1.29 is 4.79 Å². The van der Waals surface area contributed by atoms with Crippen molar-refractivity contribution in [1.82, 2.24) is 20.9 Å². The zero-order valence-electron chi connectivity index (χ0n) is 18.7. The average Bonchev–Trinajstić information content (AvgIpc) is 2.66. The number of amides is 1. The van der Waals surface area contributed by atoms with E-state index < -0.39 is 0 Å². The third kappa shape index (κ3) is 12.7. The molecule has 0 aliphatic carbocycles. The van der Waals surface area contributed by atoms with Gasteiger partial charge in [0.2, 0.25) is 5.91 Å². The maximum Gasteiger partial charge on any atom is 0.241 e. The Hall–Kier alpha value is -1.35. The van der Waals surface area contributed by atoms with Crippen LogP contribution in [-0.2, 0) is 11.2 Å².